The van der Waals surface area contributed by atoms with Crippen molar-refractivity contribution >= 4 is 17.0 Å². The highest BCUT2D eigenvalue weighted by molar-refractivity contribution is 5.79. The van der Waals surface area contributed by atoms with Gasteiger partial charge in [0.05, 0.1) is 11.6 Å². The van der Waals surface area contributed by atoms with E-state index in [1.807, 2.05) is 6.92 Å². The number of benzene rings is 1. The van der Waals surface area contributed by atoms with Crippen LogP contribution in [0.15, 0.2) is 12.1 Å². The summed E-state index contributed by atoms with van der Waals surface area (Å²) in [6.45, 7) is 2.59. The molecule has 0 aliphatic heterocycles. The van der Waals surface area contributed by atoms with Crippen LogP contribution in [0.2, 0.25) is 0 Å². The maximum absolute atomic E-state index is 13.9. The minimum atomic E-state index is -0.887. The minimum absolute atomic E-state index is 0.0258. The molecular formula is C13H15F2N3O. The van der Waals surface area contributed by atoms with Crippen molar-refractivity contribution in [2.24, 2.45) is 0 Å². The first-order valence-corrected chi connectivity index (χ1v) is 6.34. The van der Waals surface area contributed by atoms with Crippen LogP contribution in [-0.2, 0) is 4.74 Å². The molecule has 4 nitrogen and oxygen atoms in total. The van der Waals surface area contributed by atoms with Crippen LogP contribution in [0.5, 0.6) is 0 Å². The number of rotatable bonds is 3. The Labute approximate surface area is 109 Å². The van der Waals surface area contributed by atoms with Gasteiger partial charge in [-0.3, -0.25) is 0 Å². The summed E-state index contributed by atoms with van der Waals surface area (Å²) < 4.78 is 34.3. The molecule has 0 unspecified atom stereocenters. The Bertz CT molecular complexity index is 620. The minimum Gasteiger partial charge on any atom is -0.378 e. The van der Waals surface area contributed by atoms with Gasteiger partial charge in [0.15, 0.2) is 11.6 Å². The second kappa shape index (κ2) is 4.45. The average molecular weight is 267 g/mol. The van der Waals surface area contributed by atoms with E-state index in [4.69, 9.17) is 10.5 Å². The second-order valence-corrected chi connectivity index (χ2v) is 4.77. The fraction of sp³-hybridized carbons (Fsp3) is 0.462. The molecule has 1 aliphatic carbocycles. The molecule has 1 saturated carbocycles. The first-order chi connectivity index (χ1) is 9.11. The van der Waals surface area contributed by atoms with Gasteiger partial charge >= 0.3 is 0 Å². The summed E-state index contributed by atoms with van der Waals surface area (Å²) >= 11 is 0. The number of hydrogen-bond acceptors (Lipinski definition) is 3. The van der Waals surface area contributed by atoms with Gasteiger partial charge in [-0.25, -0.2) is 13.8 Å². The molecule has 19 heavy (non-hydrogen) atoms. The lowest BCUT2D eigenvalue weighted by Gasteiger charge is -2.36. The maximum atomic E-state index is 13.9. The van der Waals surface area contributed by atoms with E-state index in [0.29, 0.717) is 12.1 Å². The lowest BCUT2D eigenvalue weighted by Crippen LogP contribution is -2.34. The monoisotopic (exact) mass is 267 g/mol. The highest BCUT2D eigenvalue weighted by Gasteiger charge is 2.34. The Morgan fingerprint density at radius 1 is 1.42 bits per heavy atom. The summed E-state index contributed by atoms with van der Waals surface area (Å²) in [4.78, 5) is 4.08. The summed E-state index contributed by atoms with van der Waals surface area (Å²) in [6.07, 6.45) is 1.67. The Hall–Kier alpha value is -1.69. The van der Waals surface area contributed by atoms with Gasteiger partial charge in [-0.05, 0) is 31.9 Å². The number of nitrogens with two attached hydrogens (primary N) is 1. The van der Waals surface area contributed by atoms with E-state index in [-0.39, 0.29) is 23.6 Å². The number of hydrogen-bond donors (Lipinski definition) is 1. The van der Waals surface area contributed by atoms with Gasteiger partial charge in [0.25, 0.3) is 0 Å². The zero-order chi connectivity index (χ0) is 13.6. The van der Waals surface area contributed by atoms with Crippen molar-refractivity contribution in [3.8, 4) is 0 Å². The molecule has 6 heteroatoms. The van der Waals surface area contributed by atoms with Gasteiger partial charge in [0, 0.05) is 12.6 Å². The topological polar surface area (TPSA) is 53.1 Å². The van der Waals surface area contributed by atoms with Crippen LogP contribution in [-0.4, -0.2) is 22.3 Å². The van der Waals surface area contributed by atoms with Crippen LogP contribution in [0, 0.1) is 11.6 Å². The smallest absolute Gasteiger partial charge is 0.201 e. The highest BCUT2D eigenvalue weighted by Crippen LogP contribution is 2.39. The molecule has 0 atom stereocenters. The van der Waals surface area contributed by atoms with Gasteiger partial charge in [-0.1, -0.05) is 0 Å². The molecule has 0 saturated heterocycles. The Morgan fingerprint density at radius 3 is 2.84 bits per heavy atom. The number of nitrogen functional groups attached to an aromatic ring is 1. The SMILES string of the molecule is CCOC1CC(n2c(N)nc3ccc(F)c(F)c32)C1. The summed E-state index contributed by atoms with van der Waals surface area (Å²) in [5.74, 6) is -1.55. The Kier molecular flexibility index (Phi) is 2.89. The zero-order valence-electron chi connectivity index (χ0n) is 10.6. The molecule has 1 fully saturated rings. The van der Waals surface area contributed by atoms with Crippen molar-refractivity contribution in [2.75, 3.05) is 12.3 Å². The Morgan fingerprint density at radius 2 is 2.16 bits per heavy atom. The number of fused-ring (bicyclic) bond motifs is 1. The third kappa shape index (κ3) is 1.87. The van der Waals surface area contributed by atoms with E-state index >= 15 is 0 Å². The van der Waals surface area contributed by atoms with E-state index in [1.165, 1.54) is 6.07 Å². The van der Waals surface area contributed by atoms with Crippen molar-refractivity contribution in [3.63, 3.8) is 0 Å². The largest absolute Gasteiger partial charge is 0.378 e. The standard InChI is InChI=1S/C13H15F2N3O/c1-2-19-8-5-7(6-8)18-12-10(17-13(18)16)4-3-9(14)11(12)15/h3-4,7-8H,2,5-6H2,1H3,(H2,16,17). The van der Waals surface area contributed by atoms with E-state index in [1.54, 1.807) is 4.57 Å². The summed E-state index contributed by atoms with van der Waals surface area (Å²) in [6, 6.07) is 2.54. The molecule has 0 spiro atoms. The number of imidazole rings is 1. The molecular weight excluding hydrogens is 252 g/mol. The molecule has 1 heterocycles. The normalized spacial score (nSPS) is 22.7. The van der Waals surface area contributed by atoms with Gasteiger partial charge in [-0.15, -0.1) is 0 Å². The van der Waals surface area contributed by atoms with E-state index in [2.05, 4.69) is 4.98 Å². The van der Waals surface area contributed by atoms with E-state index < -0.39 is 11.6 Å². The number of ether oxygens (including phenoxy) is 1. The molecule has 1 aromatic heterocycles. The number of aromatic nitrogens is 2. The van der Waals surface area contributed by atoms with Crippen molar-refractivity contribution in [1.29, 1.82) is 0 Å². The third-order valence-electron chi connectivity index (χ3n) is 3.61. The van der Waals surface area contributed by atoms with Crippen molar-refractivity contribution in [3.05, 3.63) is 23.8 Å². The predicted octanol–water partition coefficient (Wildman–Crippen LogP) is 2.64. The summed E-state index contributed by atoms with van der Waals surface area (Å²) in [5.41, 5.74) is 6.36. The van der Waals surface area contributed by atoms with Gasteiger partial charge in [0.2, 0.25) is 5.95 Å². The summed E-state index contributed by atoms with van der Waals surface area (Å²) in [7, 11) is 0. The molecule has 0 amide bonds. The van der Waals surface area contributed by atoms with Crippen molar-refractivity contribution in [1.82, 2.24) is 9.55 Å². The maximum Gasteiger partial charge on any atom is 0.201 e. The van der Waals surface area contributed by atoms with Gasteiger partial charge in [-0.2, -0.15) is 0 Å². The molecule has 0 bridgehead atoms. The number of anilines is 1. The molecule has 2 N–H and O–H groups in total. The van der Waals surface area contributed by atoms with Crippen LogP contribution in [0.25, 0.3) is 11.0 Å². The van der Waals surface area contributed by atoms with Crippen LogP contribution in [0.4, 0.5) is 14.7 Å². The lowest BCUT2D eigenvalue weighted by atomic mass is 9.89. The third-order valence-corrected chi connectivity index (χ3v) is 3.61. The van der Waals surface area contributed by atoms with Crippen LogP contribution < -0.4 is 5.73 Å². The Balaban J connectivity index is 2.00. The molecule has 0 radical (unpaired) electrons. The number of nitrogens with zero attached hydrogens (tertiary/aromatic N) is 2. The molecule has 2 aromatic rings. The van der Waals surface area contributed by atoms with E-state index in [9.17, 15) is 8.78 Å². The zero-order valence-corrected chi connectivity index (χ0v) is 10.6. The van der Waals surface area contributed by atoms with Gasteiger partial charge < -0.3 is 15.0 Å². The van der Waals surface area contributed by atoms with Crippen molar-refractivity contribution < 1.29 is 13.5 Å². The van der Waals surface area contributed by atoms with Gasteiger partial charge in [0.1, 0.15) is 5.52 Å². The second-order valence-electron chi connectivity index (χ2n) is 4.77. The van der Waals surface area contributed by atoms with E-state index in [0.717, 1.165) is 18.9 Å². The first kappa shape index (κ1) is 12.3. The molecule has 1 aromatic carbocycles. The highest BCUT2D eigenvalue weighted by atomic mass is 19.2. The van der Waals surface area contributed by atoms with Crippen molar-refractivity contribution in [2.45, 2.75) is 31.9 Å². The first-order valence-electron chi connectivity index (χ1n) is 6.34. The molecule has 3 rings (SSSR count). The number of halogens is 2. The summed E-state index contributed by atoms with van der Waals surface area (Å²) in [5, 5.41) is 0. The average Bonchev–Trinajstić information content (AvgIpc) is 2.65. The fourth-order valence-corrected chi connectivity index (χ4v) is 2.63. The lowest BCUT2D eigenvalue weighted by molar-refractivity contribution is -0.0183. The van der Waals surface area contributed by atoms with Crippen LogP contribution in [0.1, 0.15) is 25.8 Å². The molecule has 1 aliphatic rings. The predicted molar refractivity (Wildman–Crippen MR) is 67.7 cm³/mol. The molecule has 102 valence electrons. The fourth-order valence-electron chi connectivity index (χ4n) is 2.63. The van der Waals surface area contributed by atoms with Crippen LogP contribution in [0.3, 0.4) is 0 Å². The van der Waals surface area contributed by atoms with Crippen LogP contribution >= 0.6 is 0 Å². The quantitative estimate of drug-likeness (QED) is 0.930.